The quantitative estimate of drug-likeness (QED) is 0.694. The Labute approximate surface area is 151 Å². The zero-order valence-electron chi connectivity index (χ0n) is 14.2. The predicted molar refractivity (Wildman–Crippen MR) is 100 cm³/mol. The summed E-state index contributed by atoms with van der Waals surface area (Å²) in [6.45, 7) is 3.95. The number of hydrogen-bond donors (Lipinski definition) is 2. The highest BCUT2D eigenvalue weighted by Gasteiger charge is 2.09. The van der Waals surface area contributed by atoms with E-state index in [1.54, 1.807) is 19.4 Å². The number of anilines is 4. The van der Waals surface area contributed by atoms with Gasteiger partial charge in [-0.25, -0.2) is 0 Å². The SMILES string of the molecule is COc1cc(Cl)c(C)cc1Nc1nncc(Nc2cccc(C)c2)n1. The molecule has 0 amide bonds. The minimum atomic E-state index is 0.359. The van der Waals surface area contributed by atoms with Gasteiger partial charge in [0.05, 0.1) is 19.0 Å². The summed E-state index contributed by atoms with van der Waals surface area (Å²) in [4.78, 5) is 4.44. The van der Waals surface area contributed by atoms with Crippen LogP contribution in [0.15, 0.2) is 42.6 Å². The van der Waals surface area contributed by atoms with E-state index in [9.17, 15) is 0 Å². The largest absolute Gasteiger partial charge is 0.495 e. The van der Waals surface area contributed by atoms with E-state index in [2.05, 4.69) is 25.8 Å². The molecule has 0 aliphatic carbocycles. The van der Waals surface area contributed by atoms with Crippen LogP contribution in [0.25, 0.3) is 0 Å². The molecule has 1 heterocycles. The van der Waals surface area contributed by atoms with Gasteiger partial charge < -0.3 is 15.4 Å². The molecule has 3 aromatic rings. The summed E-state index contributed by atoms with van der Waals surface area (Å²) in [7, 11) is 1.58. The summed E-state index contributed by atoms with van der Waals surface area (Å²) in [5, 5.41) is 15.0. The van der Waals surface area contributed by atoms with Crippen molar-refractivity contribution in [2.45, 2.75) is 13.8 Å². The van der Waals surface area contributed by atoms with E-state index < -0.39 is 0 Å². The third-order valence-electron chi connectivity index (χ3n) is 3.58. The Kier molecular flexibility index (Phi) is 5.00. The average molecular weight is 356 g/mol. The number of nitrogens with zero attached hydrogens (tertiary/aromatic N) is 3. The molecule has 0 aliphatic rings. The summed E-state index contributed by atoms with van der Waals surface area (Å²) in [6.07, 6.45) is 1.57. The standard InChI is InChI=1S/C18H18ClN5O/c1-11-5-4-6-13(7-11)21-17-10-20-24-18(23-17)22-15-8-12(2)14(19)9-16(15)25-3/h4-10H,1-3H3,(H2,21,22,23,24). The highest BCUT2D eigenvalue weighted by Crippen LogP contribution is 2.32. The molecule has 0 saturated carbocycles. The lowest BCUT2D eigenvalue weighted by atomic mass is 10.2. The van der Waals surface area contributed by atoms with Gasteiger partial charge in [-0.15, -0.1) is 5.10 Å². The zero-order chi connectivity index (χ0) is 17.8. The van der Waals surface area contributed by atoms with Gasteiger partial charge in [0.25, 0.3) is 0 Å². The molecule has 128 valence electrons. The molecule has 0 radical (unpaired) electrons. The Balaban J connectivity index is 1.84. The molecule has 0 aliphatic heterocycles. The van der Waals surface area contributed by atoms with Crippen LogP contribution in [0, 0.1) is 13.8 Å². The molecule has 25 heavy (non-hydrogen) atoms. The molecule has 7 heteroatoms. The first kappa shape index (κ1) is 17.0. The van der Waals surface area contributed by atoms with E-state index in [-0.39, 0.29) is 0 Å². The van der Waals surface area contributed by atoms with Gasteiger partial charge in [0.15, 0.2) is 5.82 Å². The molecule has 2 aromatic carbocycles. The summed E-state index contributed by atoms with van der Waals surface area (Å²) < 4.78 is 5.35. The average Bonchev–Trinajstić information content (AvgIpc) is 2.58. The van der Waals surface area contributed by atoms with Crippen LogP contribution in [-0.4, -0.2) is 22.3 Å². The highest BCUT2D eigenvalue weighted by molar-refractivity contribution is 6.31. The van der Waals surface area contributed by atoms with Crippen molar-refractivity contribution < 1.29 is 4.74 Å². The fourth-order valence-electron chi connectivity index (χ4n) is 2.34. The van der Waals surface area contributed by atoms with E-state index in [1.807, 2.05) is 44.2 Å². The first-order valence-electron chi connectivity index (χ1n) is 7.70. The van der Waals surface area contributed by atoms with E-state index >= 15 is 0 Å². The number of rotatable bonds is 5. The Morgan fingerprint density at radius 3 is 2.68 bits per heavy atom. The van der Waals surface area contributed by atoms with E-state index in [1.165, 1.54) is 0 Å². The van der Waals surface area contributed by atoms with Gasteiger partial charge in [-0.05, 0) is 43.2 Å². The van der Waals surface area contributed by atoms with Crippen LogP contribution in [0.4, 0.5) is 23.1 Å². The second kappa shape index (κ2) is 7.36. The van der Waals surface area contributed by atoms with Crippen LogP contribution in [0.2, 0.25) is 5.02 Å². The first-order valence-corrected chi connectivity index (χ1v) is 8.07. The van der Waals surface area contributed by atoms with Crippen LogP contribution in [0.3, 0.4) is 0 Å². The molecular formula is C18H18ClN5O. The molecular weight excluding hydrogens is 338 g/mol. The van der Waals surface area contributed by atoms with Crippen LogP contribution in [-0.2, 0) is 0 Å². The monoisotopic (exact) mass is 355 g/mol. The summed E-state index contributed by atoms with van der Waals surface area (Å²) in [6, 6.07) is 11.6. The third kappa shape index (κ3) is 4.16. The molecule has 0 atom stereocenters. The molecule has 0 fully saturated rings. The predicted octanol–water partition coefficient (Wildman–Crippen LogP) is 4.64. The lowest BCUT2D eigenvalue weighted by Gasteiger charge is -2.12. The number of benzene rings is 2. The fraction of sp³-hybridized carbons (Fsp3) is 0.167. The third-order valence-corrected chi connectivity index (χ3v) is 3.98. The lowest BCUT2D eigenvalue weighted by molar-refractivity contribution is 0.416. The van der Waals surface area contributed by atoms with Crippen LogP contribution < -0.4 is 15.4 Å². The maximum Gasteiger partial charge on any atom is 0.249 e. The molecule has 6 nitrogen and oxygen atoms in total. The number of nitrogens with one attached hydrogen (secondary N) is 2. The van der Waals surface area contributed by atoms with Crippen molar-refractivity contribution in [3.63, 3.8) is 0 Å². The smallest absolute Gasteiger partial charge is 0.249 e. The van der Waals surface area contributed by atoms with Crippen LogP contribution >= 0.6 is 11.6 Å². The van der Waals surface area contributed by atoms with Crippen molar-refractivity contribution in [2.24, 2.45) is 0 Å². The van der Waals surface area contributed by atoms with Gasteiger partial charge in [0.1, 0.15) is 5.75 Å². The second-order valence-electron chi connectivity index (χ2n) is 5.59. The maximum atomic E-state index is 6.13. The second-order valence-corrected chi connectivity index (χ2v) is 5.99. The van der Waals surface area contributed by atoms with Gasteiger partial charge in [-0.1, -0.05) is 23.7 Å². The van der Waals surface area contributed by atoms with Crippen molar-refractivity contribution >= 4 is 34.7 Å². The molecule has 0 saturated heterocycles. The van der Waals surface area contributed by atoms with Crippen molar-refractivity contribution in [3.8, 4) is 5.75 Å². The van der Waals surface area contributed by atoms with E-state index in [0.717, 1.165) is 22.5 Å². The van der Waals surface area contributed by atoms with Crippen LogP contribution in [0.1, 0.15) is 11.1 Å². The fourth-order valence-corrected chi connectivity index (χ4v) is 2.49. The van der Waals surface area contributed by atoms with Crippen molar-refractivity contribution in [3.05, 3.63) is 58.7 Å². The van der Waals surface area contributed by atoms with Gasteiger partial charge in [0.2, 0.25) is 5.95 Å². The van der Waals surface area contributed by atoms with Gasteiger partial charge in [0, 0.05) is 16.8 Å². The zero-order valence-corrected chi connectivity index (χ0v) is 14.9. The summed E-state index contributed by atoms with van der Waals surface area (Å²) in [5.41, 5.74) is 3.74. The summed E-state index contributed by atoms with van der Waals surface area (Å²) >= 11 is 6.13. The van der Waals surface area contributed by atoms with E-state index in [4.69, 9.17) is 16.3 Å². The number of aryl methyl sites for hydroxylation is 2. The number of halogens is 1. The molecule has 3 rings (SSSR count). The molecule has 2 N–H and O–H groups in total. The molecule has 1 aromatic heterocycles. The Bertz CT molecular complexity index is 900. The Hall–Kier alpha value is -2.86. The normalized spacial score (nSPS) is 10.4. The van der Waals surface area contributed by atoms with Crippen molar-refractivity contribution in [2.75, 3.05) is 17.7 Å². The lowest BCUT2D eigenvalue weighted by Crippen LogP contribution is -2.03. The Morgan fingerprint density at radius 2 is 1.92 bits per heavy atom. The van der Waals surface area contributed by atoms with Gasteiger partial charge in [-0.2, -0.15) is 10.1 Å². The molecule has 0 bridgehead atoms. The number of methoxy groups -OCH3 is 1. The molecule has 0 unspecified atom stereocenters. The van der Waals surface area contributed by atoms with Crippen molar-refractivity contribution in [1.82, 2.24) is 15.2 Å². The number of ether oxygens (including phenoxy) is 1. The van der Waals surface area contributed by atoms with Gasteiger partial charge >= 0.3 is 0 Å². The first-order chi connectivity index (χ1) is 12.0. The number of aromatic nitrogens is 3. The minimum Gasteiger partial charge on any atom is -0.495 e. The van der Waals surface area contributed by atoms with E-state index in [0.29, 0.717) is 22.5 Å². The highest BCUT2D eigenvalue weighted by atomic mass is 35.5. The Morgan fingerprint density at radius 1 is 1.08 bits per heavy atom. The van der Waals surface area contributed by atoms with Crippen molar-refractivity contribution in [1.29, 1.82) is 0 Å². The van der Waals surface area contributed by atoms with Gasteiger partial charge in [-0.3, -0.25) is 0 Å². The molecule has 0 spiro atoms. The van der Waals surface area contributed by atoms with Crippen LogP contribution in [0.5, 0.6) is 5.75 Å². The summed E-state index contributed by atoms with van der Waals surface area (Å²) in [5.74, 6) is 1.56. The maximum absolute atomic E-state index is 6.13. The number of hydrogen-bond acceptors (Lipinski definition) is 6. The topological polar surface area (TPSA) is 72.0 Å². The minimum absolute atomic E-state index is 0.359.